The van der Waals surface area contributed by atoms with Crippen LogP contribution in [0.3, 0.4) is 0 Å². The van der Waals surface area contributed by atoms with E-state index < -0.39 is 17.5 Å². The van der Waals surface area contributed by atoms with Crippen LogP contribution in [0.1, 0.15) is 20.3 Å². The number of thiocarbonyl (C=S) groups is 1. The molecule has 1 unspecified atom stereocenters. The first-order valence-corrected chi connectivity index (χ1v) is 8.88. The number of carbonyl (C=O) groups is 3. The van der Waals surface area contributed by atoms with Gasteiger partial charge in [-0.05, 0) is 38.2 Å². The molecule has 0 radical (unpaired) electrons. The molecule has 142 valence electrons. The Morgan fingerprint density at radius 3 is 2.70 bits per heavy atom. The molecule has 9 nitrogen and oxygen atoms in total. The molecule has 1 aromatic carbocycles. The molecule has 3 aliphatic rings. The third-order valence-corrected chi connectivity index (χ3v) is 5.04. The molecule has 2 saturated heterocycles. The van der Waals surface area contributed by atoms with Crippen LogP contribution in [0.2, 0.25) is 0 Å². The highest BCUT2D eigenvalue weighted by atomic mass is 32.1. The molecule has 0 bridgehead atoms. The van der Waals surface area contributed by atoms with Crippen LogP contribution >= 0.6 is 12.2 Å². The Bertz CT molecular complexity index is 871. The number of amides is 3. The highest BCUT2D eigenvalue weighted by Gasteiger charge is 2.56. The van der Waals surface area contributed by atoms with Gasteiger partial charge < -0.3 is 14.8 Å². The van der Waals surface area contributed by atoms with Crippen molar-refractivity contribution in [3.05, 3.63) is 18.2 Å². The van der Waals surface area contributed by atoms with Crippen LogP contribution in [0, 0.1) is 0 Å². The first-order chi connectivity index (χ1) is 12.8. The summed E-state index contributed by atoms with van der Waals surface area (Å²) in [7, 11) is 0. The summed E-state index contributed by atoms with van der Waals surface area (Å²) in [6, 6.07) is 4.21. The summed E-state index contributed by atoms with van der Waals surface area (Å²) in [5.74, 6) is 0.0433. The molecule has 10 heteroatoms. The summed E-state index contributed by atoms with van der Waals surface area (Å²) in [5, 5.41) is 7.93. The molecule has 27 heavy (non-hydrogen) atoms. The number of hydrazine groups is 1. The average molecular weight is 390 g/mol. The Balaban J connectivity index is 1.59. The molecule has 0 aromatic heterocycles. The molecule has 3 amide bonds. The molecule has 4 rings (SSSR count). The van der Waals surface area contributed by atoms with Crippen LogP contribution in [0.5, 0.6) is 11.5 Å². The number of fused-ring (bicyclic) bond motifs is 2. The van der Waals surface area contributed by atoms with Crippen molar-refractivity contribution < 1.29 is 23.9 Å². The Labute approximate surface area is 160 Å². The quantitative estimate of drug-likeness (QED) is 0.706. The molecule has 2 N–H and O–H groups in total. The van der Waals surface area contributed by atoms with Gasteiger partial charge in [0.25, 0.3) is 0 Å². The van der Waals surface area contributed by atoms with E-state index in [1.807, 2.05) is 0 Å². The molecule has 2 fully saturated rings. The number of carbonyl (C=O) groups excluding carboxylic acids is 3. The molecule has 0 saturated carbocycles. The predicted octanol–water partition coefficient (Wildman–Crippen LogP) is 0.407. The van der Waals surface area contributed by atoms with Crippen LogP contribution in [0.15, 0.2) is 18.2 Å². The van der Waals surface area contributed by atoms with E-state index in [9.17, 15) is 14.4 Å². The summed E-state index contributed by atoms with van der Waals surface area (Å²) >= 11 is 5.11. The van der Waals surface area contributed by atoms with Crippen LogP contribution in [0.25, 0.3) is 0 Å². The van der Waals surface area contributed by atoms with Crippen molar-refractivity contribution in [3.63, 3.8) is 0 Å². The largest absolute Gasteiger partial charge is 0.486 e. The second kappa shape index (κ2) is 6.17. The number of nitrogens with zero attached hydrogens (tertiary/aromatic N) is 2. The minimum Gasteiger partial charge on any atom is -0.486 e. The maximum Gasteiger partial charge on any atom is 0.248 e. The van der Waals surface area contributed by atoms with Crippen molar-refractivity contribution in [3.8, 4) is 11.5 Å². The fourth-order valence-electron chi connectivity index (χ4n) is 3.41. The van der Waals surface area contributed by atoms with Gasteiger partial charge in [0.2, 0.25) is 17.7 Å². The van der Waals surface area contributed by atoms with Gasteiger partial charge in [0.15, 0.2) is 16.6 Å². The van der Waals surface area contributed by atoms with E-state index in [-0.39, 0.29) is 23.3 Å². The van der Waals surface area contributed by atoms with Crippen molar-refractivity contribution >= 4 is 40.7 Å². The Morgan fingerprint density at radius 2 is 1.96 bits per heavy atom. The Morgan fingerprint density at radius 1 is 1.26 bits per heavy atom. The molecular weight excluding hydrogens is 372 g/mol. The second-order valence-corrected chi connectivity index (χ2v) is 7.32. The van der Waals surface area contributed by atoms with Gasteiger partial charge >= 0.3 is 0 Å². The molecule has 3 heterocycles. The maximum atomic E-state index is 12.9. The minimum atomic E-state index is -1.11. The fourth-order valence-corrected chi connectivity index (χ4v) is 3.69. The predicted molar refractivity (Wildman–Crippen MR) is 98.0 cm³/mol. The zero-order chi connectivity index (χ0) is 19.3. The normalized spacial score (nSPS) is 23.7. The van der Waals surface area contributed by atoms with Gasteiger partial charge in [-0.25, -0.2) is 5.01 Å². The van der Waals surface area contributed by atoms with Crippen LogP contribution in [0.4, 0.5) is 5.69 Å². The van der Waals surface area contributed by atoms with Crippen LogP contribution < -0.4 is 20.1 Å². The van der Waals surface area contributed by atoms with Crippen molar-refractivity contribution in [2.75, 3.05) is 18.5 Å². The van der Waals surface area contributed by atoms with Gasteiger partial charge in [-0.15, -0.1) is 0 Å². The van der Waals surface area contributed by atoms with E-state index in [1.54, 1.807) is 32.0 Å². The van der Waals surface area contributed by atoms with E-state index >= 15 is 0 Å². The molecular formula is C17H18N4O5S. The molecule has 1 atom stereocenters. The van der Waals surface area contributed by atoms with E-state index in [2.05, 4.69) is 10.6 Å². The zero-order valence-corrected chi connectivity index (χ0v) is 15.6. The number of rotatable bonds is 2. The average Bonchev–Trinajstić information content (AvgIpc) is 2.99. The second-order valence-electron chi connectivity index (χ2n) is 6.94. The van der Waals surface area contributed by atoms with Gasteiger partial charge in [0.05, 0.1) is 6.42 Å². The highest BCUT2D eigenvalue weighted by molar-refractivity contribution is 7.80. The van der Waals surface area contributed by atoms with Gasteiger partial charge in [-0.2, -0.15) is 5.01 Å². The lowest BCUT2D eigenvalue weighted by molar-refractivity contribution is -0.154. The van der Waals surface area contributed by atoms with Crippen molar-refractivity contribution in [2.24, 2.45) is 0 Å². The summed E-state index contributed by atoms with van der Waals surface area (Å²) in [5.41, 5.74) is -0.597. The topological polar surface area (TPSA) is 100 Å². The maximum absolute atomic E-state index is 12.9. The third-order valence-electron chi connectivity index (χ3n) is 4.77. The lowest BCUT2D eigenvalue weighted by Gasteiger charge is -2.45. The van der Waals surface area contributed by atoms with Crippen molar-refractivity contribution in [1.29, 1.82) is 0 Å². The SMILES string of the molecule is CC1(C)C(=O)NC(=S)N2C(=O)CC(C(=O)Nc3ccc4c(c3)OCCO4)N21. The monoisotopic (exact) mass is 390 g/mol. The lowest BCUT2D eigenvalue weighted by atomic mass is 10.00. The number of hydrogen-bond acceptors (Lipinski definition) is 7. The molecule has 0 spiro atoms. The number of ether oxygens (including phenoxy) is 2. The van der Waals surface area contributed by atoms with E-state index in [0.717, 1.165) is 0 Å². The van der Waals surface area contributed by atoms with E-state index in [0.29, 0.717) is 30.4 Å². The number of nitrogens with one attached hydrogen (secondary N) is 2. The van der Waals surface area contributed by atoms with Crippen LogP contribution in [-0.4, -0.2) is 57.6 Å². The first-order valence-electron chi connectivity index (χ1n) is 8.47. The lowest BCUT2D eigenvalue weighted by Crippen LogP contribution is -2.71. The number of benzene rings is 1. The standard InChI is InChI=1S/C17H18N4O5S/c1-17(2)15(24)19-16(27)20-13(22)8-10(21(17)20)14(23)18-9-3-4-11-12(7-9)26-6-5-25-11/h3-4,7,10H,5-6,8H2,1-2H3,(H,18,23)(H,19,24,27). The van der Waals surface area contributed by atoms with Gasteiger partial charge in [0.1, 0.15) is 24.8 Å². The van der Waals surface area contributed by atoms with Crippen LogP contribution in [-0.2, 0) is 14.4 Å². The summed E-state index contributed by atoms with van der Waals surface area (Å²) < 4.78 is 11.0. The summed E-state index contributed by atoms with van der Waals surface area (Å²) in [6.45, 7) is 4.19. The smallest absolute Gasteiger partial charge is 0.248 e. The highest BCUT2D eigenvalue weighted by Crippen LogP contribution is 2.35. The van der Waals surface area contributed by atoms with Gasteiger partial charge in [-0.3, -0.25) is 19.7 Å². The molecule has 0 aliphatic carbocycles. The Hall–Kier alpha value is -2.72. The minimum absolute atomic E-state index is 0.0149. The first kappa shape index (κ1) is 17.7. The zero-order valence-electron chi connectivity index (χ0n) is 14.8. The molecule has 3 aliphatic heterocycles. The number of anilines is 1. The van der Waals surface area contributed by atoms with Gasteiger partial charge in [-0.1, -0.05) is 0 Å². The van der Waals surface area contributed by atoms with E-state index in [4.69, 9.17) is 21.7 Å². The fraction of sp³-hybridized carbons (Fsp3) is 0.412. The third kappa shape index (κ3) is 2.81. The number of hydrogen-bond donors (Lipinski definition) is 2. The van der Waals surface area contributed by atoms with Crippen molar-refractivity contribution in [2.45, 2.75) is 31.8 Å². The van der Waals surface area contributed by atoms with E-state index in [1.165, 1.54) is 10.0 Å². The van der Waals surface area contributed by atoms with Gasteiger partial charge in [0, 0.05) is 11.8 Å². The Kier molecular flexibility index (Phi) is 4.04. The molecule has 1 aromatic rings. The summed E-state index contributed by atoms with van der Waals surface area (Å²) in [6.07, 6.45) is -0.0745. The van der Waals surface area contributed by atoms with Crippen molar-refractivity contribution in [1.82, 2.24) is 15.3 Å². The summed E-state index contributed by atoms with van der Waals surface area (Å²) in [4.78, 5) is 37.6.